The van der Waals surface area contributed by atoms with Gasteiger partial charge in [-0.15, -0.1) is 0 Å². The van der Waals surface area contributed by atoms with Crippen LogP contribution in [0.25, 0.3) is 0 Å². The van der Waals surface area contributed by atoms with Gasteiger partial charge in [-0.3, -0.25) is 9.69 Å². The number of rotatable bonds is 5. The van der Waals surface area contributed by atoms with E-state index in [1.165, 1.54) is 12.3 Å². The molecule has 0 saturated carbocycles. The van der Waals surface area contributed by atoms with Gasteiger partial charge in [0.25, 0.3) is 5.91 Å². The highest BCUT2D eigenvalue weighted by molar-refractivity contribution is 5.91. The van der Waals surface area contributed by atoms with Gasteiger partial charge in [0.15, 0.2) is 0 Å². The van der Waals surface area contributed by atoms with E-state index < -0.39 is 0 Å². The van der Waals surface area contributed by atoms with Gasteiger partial charge in [0, 0.05) is 12.6 Å². The Labute approximate surface area is 105 Å². The van der Waals surface area contributed by atoms with Crippen molar-refractivity contribution in [2.45, 2.75) is 6.04 Å². The Morgan fingerprint density at radius 2 is 2.33 bits per heavy atom. The molecule has 6 nitrogen and oxygen atoms in total. The SMILES string of the molecule is CN(C)C(CNC(=O)c1ccno1)c1ccco1. The summed E-state index contributed by atoms with van der Waals surface area (Å²) in [4.78, 5) is 13.7. The van der Waals surface area contributed by atoms with Crippen molar-refractivity contribution in [3.8, 4) is 0 Å². The molecule has 2 aromatic rings. The van der Waals surface area contributed by atoms with Crippen molar-refractivity contribution < 1.29 is 13.7 Å². The maximum atomic E-state index is 11.7. The molecule has 0 fully saturated rings. The standard InChI is InChI=1S/C12H15N3O3/c1-15(2)9(10-4-3-7-17-10)8-13-12(16)11-5-6-14-18-11/h3-7,9H,8H2,1-2H3,(H,13,16). The van der Waals surface area contributed by atoms with Crippen LogP contribution < -0.4 is 5.32 Å². The van der Waals surface area contributed by atoms with Gasteiger partial charge in [0.1, 0.15) is 5.76 Å². The van der Waals surface area contributed by atoms with E-state index in [1.54, 1.807) is 6.26 Å². The maximum Gasteiger partial charge on any atom is 0.289 e. The van der Waals surface area contributed by atoms with E-state index in [0.29, 0.717) is 6.54 Å². The van der Waals surface area contributed by atoms with Crippen molar-refractivity contribution in [1.29, 1.82) is 0 Å². The number of carbonyl (C=O) groups excluding carboxylic acids is 1. The molecule has 18 heavy (non-hydrogen) atoms. The minimum Gasteiger partial charge on any atom is -0.468 e. The summed E-state index contributed by atoms with van der Waals surface area (Å²) >= 11 is 0. The van der Waals surface area contributed by atoms with E-state index in [9.17, 15) is 4.79 Å². The lowest BCUT2D eigenvalue weighted by Gasteiger charge is -2.22. The molecule has 0 aromatic carbocycles. The molecule has 1 atom stereocenters. The highest BCUT2D eigenvalue weighted by Crippen LogP contribution is 2.17. The van der Waals surface area contributed by atoms with Crippen LogP contribution in [0, 0.1) is 0 Å². The lowest BCUT2D eigenvalue weighted by molar-refractivity contribution is 0.0902. The molecule has 1 N–H and O–H groups in total. The van der Waals surface area contributed by atoms with Crippen molar-refractivity contribution in [3.05, 3.63) is 42.2 Å². The molecule has 2 rings (SSSR count). The zero-order valence-electron chi connectivity index (χ0n) is 10.3. The van der Waals surface area contributed by atoms with Crippen molar-refractivity contribution in [2.75, 3.05) is 20.6 Å². The minimum absolute atomic E-state index is 0.0214. The van der Waals surface area contributed by atoms with Crippen molar-refractivity contribution in [2.24, 2.45) is 0 Å². The quantitative estimate of drug-likeness (QED) is 0.864. The van der Waals surface area contributed by atoms with E-state index >= 15 is 0 Å². The lowest BCUT2D eigenvalue weighted by atomic mass is 10.2. The van der Waals surface area contributed by atoms with Crippen LogP contribution in [0.2, 0.25) is 0 Å². The first-order valence-electron chi connectivity index (χ1n) is 5.57. The van der Waals surface area contributed by atoms with Crippen molar-refractivity contribution in [3.63, 3.8) is 0 Å². The number of nitrogens with zero attached hydrogens (tertiary/aromatic N) is 2. The number of aromatic nitrogens is 1. The van der Waals surface area contributed by atoms with E-state index in [1.807, 2.05) is 31.1 Å². The van der Waals surface area contributed by atoms with Gasteiger partial charge < -0.3 is 14.3 Å². The third kappa shape index (κ3) is 2.78. The third-order valence-corrected chi connectivity index (χ3v) is 2.61. The number of amides is 1. The van der Waals surface area contributed by atoms with Gasteiger partial charge in [-0.25, -0.2) is 0 Å². The molecule has 6 heteroatoms. The van der Waals surface area contributed by atoms with E-state index in [0.717, 1.165) is 5.76 Å². The summed E-state index contributed by atoms with van der Waals surface area (Å²) in [7, 11) is 3.85. The summed E-state index contributed by atoms with van der Waals surface area (Å²) in [6.07, 6.45) is 3.05. The smallest absolute Gasteiger partial charge is 0.289 e. The first-order valence-corrected chi connectivity index (χ1v) is 5.57. The molecule has 0 saturated heterocycles. The molecule has 0 bridgehead atoms. The van der Waals surface area contributed by atoms with Crippen molar-refractivity contribution in [1.82, 2.24) is 15.4 Å². The molecule has 0 aliphatic rings. The van der Waals surface area contributed by atoms with Gasteiger partial charge in [0.2, 0.25) is 5.76 Å². The zero-order chi connectivity index (χ0) is 13.0. The molecule has 96 valence electrons. The van der Waals surface area contributed by atoms with Crippen LogP contribution in [-0.4, -0.2) is 36.6 Å². The number of nitrogens with one attached hydrogen (secondary N) is 1. The van der Waals surface area contributed by atoms with Crippen molar-refractivity contribution >= 4 is 5.91 Å². The number of carbonyl (C=O) groups is 1. The Bertz CT molecular complexity index is 477. The summed E-state index contributed by atoms with van der Waals surface area (Å²) in [6, 6.07) is 5.20. The summed E-state index contributed by atoms with van der Waals surface area (Å²) < 4.78 is 10.1. The summed E-state index contributed by atoms with van der Waals surface area (Å²) in [5.74, 6) is 0.718. The lowest BCUT2D eigenvalue weighted by Crippen LogP contribution is -2.34. The van der Waals surface area contributed by atoms with Crippen LogP contribution in [0.1, 0.15) is 22.4 Å². The average Bonchev–Trinajstić information content (AvgIpc) is 3.01. The topological polar surface area (TPSA) is 71.5 Å². The molecular weight excluding hydrogens is 234 g/mol. The molecule has 1 amide bonds. The second-order valence-corrected chi connectivity index (χ2v) is 4.08. The number of furan rings is 1. The summed E-state index contributed by atoms with van der Waals surface area (Å²) in [5, 5.41) is 6.27. The van der Waals surface area contributed by atoms with E-state index in [2.05, 4.69) is 10.5 Å². The number of likely N-dealkylation sites (N-methyl/N-ethyl adjacent to an activating group) is 1. The molecule has 1 unspecified atom stereocenters. The summed E-state index contributed by atoms with van der Waals surface area (Å²) in [5.41, 5.74) is 0. The molecule has 0 aliphatic carbocycles. The highest BCUT2D eigenvalue weighted by Gasteiger charge is 2.19. The molecule has 0 aliphatic heterocycles. The largest absolute Gasteiger partial charge is 0.468 e. The molecule has 2 aromatic heterocycles. The second kappa shape index (κ2) is 5.50. The third-order valence-electron chi connectivity index (χ3n) is 2.61. The van der Waals surface area contributed by atoms with Crippen LogP contribution in [-0.2, 0) is 0 Å². The average molecular weight is 249 g/mol. The normalized spacial score (nSPS) is 12.6. The Morgan fingerprint density at radius 1 is 1.50 bits per heavy atom. The predicted octanol–water partition coefficient (Wildman–Crippen LogP) is 1.30. The molecule has 0 radical (unpaired) electrons. The van der Waals surface area contributed by atoms with Crippen LogP contribution in [0.3, 0.4) is 0 Å². The van der Waals surface area contributed by atoms with Gasteiger partial charge in [-0.2, -0.15) is 0 Å². The Hall–Kier alpha value is -2.08. The predicted molar refractivity (Wildman–Crippen MR) is 64.0 cm³/mol. The number of hydrogen-bond acceptors (Lipinski definition) is 5. The highest BCUT2D eigenvalue weighted by atomic mass is 16.5. The van der Waals surface area contributed by atoms with Gasteiger partial charge in [0.05, 0.1) is 18.5 Å². The van der Waals surface area contributed by atoms with E-state index in [4.69, 9.17) is 8.94 Å². The van der Waals surface area contributed by atoms with Gasteiger partial charge in [-0.05, 0) is 26.2 Å². The number of hydrogen-bond donors (Lipinski definition) is 1. The van der Waals surface area contributed by atoms with Gasteiger partial charge in [-0.1, -0.05) is 5.16 Å². The Balaban J connectivity index is 1.97. The van der Waals surface area contributed by atoms with Crippen LogP contribution in [0.4, 0.5) is 0 Å². The Kier molecular flexibility index (Phi) is 3.78. The zero-order valence-corrected chi connectivity index (χ0v) is 10.3. The minimum atomic E-state index is -0.286. The fourth-order valence-electron chi connectivity index (χ4n) is 1.63. The first-order chi connectivity index (χ1) is 8.68. The van der Waals surface area contributed by atoms with E-state index in [-0.39, 0.29) is 17.7 Å². The maximum absolute atomic E-state index is 11.7. The van der Waals surface area contributed by atoms with Crippen LogP contribution in [0.15, 0.2) is 39.6 Å². The molecule has 2 heterocycles. The Morgan fingerprint density at radius 3 is 2.89 bits per heavy atom. The van der Waals surface area contributed by atoms with Crippen LogP contribution >= 0.6 is 0 Å². The monoisotopic (exact) mass is 249 g/mol. The van der Waals surface area contributed by atoms with Gasteiger partial charge >= 0.3 is 0 Å². The van der Waals surface area contributed by atoms with Crippen LogP contribution in [0.5, 0.6) is 0 Å². The molecule has 0 spiro atoms. The first kappa shape index (κ1) is 12.4. The second-order valence-electron chi connectivity index (χ2n) is 4.08. The fraction of sp³-hybridized carbons (Fsp3) is 0.333. The molecular formula is C12H15N3O3. The summed E-state index contributed by atoms with van der Waals surface area (Å²) in [6.45, 7) is 0.431. The fourth-order valence-corrected chi connectivity index (χ4v) is 1.63.